The zero-order valence-corrected chi connectivity index (χ0v) is 11.4. The zero-order chi connectivity index (χ0) is 14.0. The molecule has 106 valence electrons. The van der Waals surface area contributed by atoms with Crippen molar-refractivity contribution in [3.05, 3.63) is 22.8 Å². The molecule has 1 aliphatic rings. The lowest BCUT2D eigenvalue weighted by molar-refractivity contribution is -0.137. The minimum absolute atomic E-state index is 0.122. The summed E-state index contributed by atoms with van der Waals surface area (Å²) in [6, 6.07) is 1.91. The molecule has 1 aromatic rings. The van der Waals surface area contributed by atoms with Gasteiger partial charge in [-0.2, -0.15) is 13.2 Å². The standard InChI is InChI=1S/C13H16ClF3N2/c1-19(8-9-4-2-3-5-9)12-7-10(13(15,16)17)6-11(14)18-12/h6-7,9H,2-5,8H2,1H3. The molecule has 1 aliphatic carbocycles. The van der Waals surface area contributed by atoms with E-state index in [1.165, 1.54) is 12.8 Å². The Kier molecular flexibility index (Phi) is 4.23. The summed E-state index contributed by atoms with van der Waals surface area (Å²) in [6.45, 7) is 0.727. The Bertz CT molecular complexity index is 442. The molecule has 0 saturated heterocycles. The van der Waals surface area contributed by atoms with E-state index >= 15 is 0 Å². The highest BCUT2D eigenvalue weighted by Gasteiger charge is 2.32. The van der Waals surface area contributed by atoms with E-state index in [0.717, 1.165) is 31.5 Å². The van der Waals surface area contributed by atoms with Crippen LogP contribution < -0.4 is 4.90 Å². The molecule has 0 bridgehead atoms. The summed E-state index contributed by atoms with van der Waals surface area (Å²) < 4.78 is 38.1. The van der Waals surface area contributed by atoms with Crippen molar-refractivity contribution in [1.82, 2.24) is 4.98 Å². The van der Waals surface area contributed by atoms with E-state index < -0.39 is 11.7 Å². The first kappa shape index (κ1) is 14.4. The monoisotopic (exact) mass is 292 g/mol. The predicted octanol–water partition coefficient (Wildman–Crippen LogP) is 4.38. The maximum Gasteiger partial charge on any atom is 0.416 e. The fourth-order valence-electron chi connectivity index (χ4n) is 2.52. The SMILES string of the molecule is CN(CC1CCCC1)c1cc(C(F)(F)F)cc(Cl)n1. The highest BCUT2D eigenvalue weighted by atomic mass is 35.5. The van der Waals surface area contributed by atoms with Crippen LogP contribution in [0.25, 0.3) is 0 Å². The second-order valence-corrected chi connectivity index (χ2v) is 5.45. The second kappa shape index (κ2) is 5.57. The molecule has 0 spiro atoms. The number of alkyl halides is 3. The molecule has 2 nitrogen and oxygen atoms in total. The second-order valence-electron chi connectivity index (χ2n) is 5.07. The van der Waals surface area contributed by atoms with Crippen LogP contribution in [0.4, 0.5) is 19.0 Å². The van der Waals surface area contributed by atoms with E-state index in [1.807, 2.05) is 0 Å². The van der Waals surface area contributed by atoms with Gasteiger partial charge in [-0.05, 0) is 30.9 Å². The third kappa shape index (κ3) is 3.75. The van der Waals surface area contributed by atoms with E-state index in [9.17, 15) is 13.2 Å². The van der Waals surface area contributed by atoms with E-state index in [4.69, 9.17) is 11.6 Å². The normalized spacial score (nSPS) is 16.9. The topological polar surface area (TPSA) is 16.1 Å². The Labute approximate surface area is 115 Å². The highest BCUT2D eigenvalue weighted by molar-refractivity contribution is 6.29. The van der Waals surface area contributed by atoms with Crippen LogP contribution in [0.3, 0.4) is 0 Å². The lowest BCUT2D eigenvalue weighted by Crippen LogP contribution is -2.25. The smallest absolute Gasteiger partial charge is 0.359 e. The fraction of sp³-hybridized carbons (Fsp3) is 0.615. The molecular formula is C13H16ClF3N2. The minimum Gasteiger partial charge on any atom is -0.359 e. The van der Waals surface area contributed by atoms with Gasteiger partial charge in [0.2, 0.25) is 0 Å². The molecule has 0 radical (unpaired) electrons. The van der Waals surface area contributed by atoms with Gasteiger partial charge < -0.3 is 4.90 Å². The summed E-state index contributed by atoms with van der Waals surface area (Å²) in [7, 11) is 1.76. The van der Waals surface area contributed by atoms with Crippen LogP contribution in [0.2, 0.25) is 5.15 Å². The first-order valence-electron chi connectivity index (χ1n) is 6.32. The van der Waals surface area contributed by atoms with Crippen molar-refractivity contribution in [1.29, 1.82) is 0 Å². The molecule has 0 amide bonds. The Hall–Kier alpha value is -0.970. The van der Waals surface area contributed by atoms with Crippen molar-refractivity contribution in [3.8, 4) is 0 Å². The number of pyridine rings is 1. The lowest BCUT2D eigenvalue weighted by atomic mass is 10.1. The van der Waals surface area contributed by atoms with Crippen molar-refractivity contribution in [2.24, 2.45) is 5.92 Å². The Balaban J connectivity index is 2.16. The number of rotatable bonds is 3. The van der Waals surface area contributed by atoms with Crippen molar-refractivity contribution in [2.45, 2.75) is 31.9 Å². The summed E-state index contributed by atoms with van der Waals surface area (Å²) in [6.07, 6.45) is 0.286. The van der Waals surface area contributed by atoms with Gasteiger partial charge in [0.05, 0.1) is 5.56 Å². The fourth-order valence-corrected chi connectivity index (χ4v) is 2.72. The molecule has 1 fully saturated rings. The molecule has 0 N–H and O–H groups in total. The average Bonchev–Trinajstić information content (AvgIpc) is 2.79. The largest absolute Gasteiger partial charge is 0.416 e. The Morgan fingerprint density at radius 2 is 1.95 bits per heavy atom. The van der Waals surface area contributed by atoms with Crippen LogP contribution in [0.1, 0.15) is 31.2 Å². The quantitative estimate of drug-likeness (QED) is 0.769. The molecule has 1 saturated carbocycles. The van der Waals surface area contributed by atoms with Crippen molar-refractivity contribution >= 4 is 17.4 Å². The molecule has 1 aromatic heterocycles. The molecule has 0 unspecified atom stereocenters. The van der Waals surface area contributed by atoms with Gasteiger partial charge in [0.15, 0.2) is 0 Å². The number of hydrogen-bond donors (Lipinski definition) is 0. The van der Waals surface area contributed by atoms with Gasteiger partial charge in [-0.3, -0.25) is 0 Å². The molecule has 0 aliphatic heterocycles. The molecule has 2 rings (SSSR count). The maximum atomic E-state index is 12.7. The summed E-state index contributed by atoms with van der Waals surface area (Å²) in [5.41, 5.74) is -0.749. The van der Waals surface area contributed by atoms with E-state index in [0.29, 0.717) is 5.92 Å². The highest BCUT2D eigenvalue weighted by Crippen LogP contribution is 2.33. The lowest BCUT2D eigenvalue weighted by Gasteiger charge is -2.23. The van der Waals surface area contributed by atoms with E-state index in [1.54, 1.807) is 11.9 Å². The molecular weight excluding hydrogens is 277 g/mol. The van der Waals surface area contributed by atoms with Crippen LogP contribution in [0, 0.1) is 5.92 Å². The number of anilines is 1. The van der Waals surface area contributed by atoms with Crippen molar-refractivity contribution in [2.75, 3.05) is 18.5 Å². The van der Waals surface area contributed by atoms with Gasteiger partial charge in [-0.1, -0.05) is 24.4 Å². The number of halogens is 4. The van der Waals surface area contributed by atoms with Crippen LogP contribution in [-0.2, 0) is 6.18 Å². The third-order valence-electron chi connectivity index (χ3n) is 3.51. The Morgan fingerprint density at radius 1 is 1.32 bits per heavy atom. The first-order chi connectivity index (χ1) is 8.86. The van der Waals surface area contributed by atoms with E-state index in [2.05, 4.69) is 4.98 Å². The van der Waals surface area contributed by atoms with Gasteiger partial charge in [-0.15, -0.1) is 0 Å². The van der Waals surface area contributed by atoms with Crippen LogP contribution in [0.5, 0.6) is 0 Å². The first-order valence-corrected chi connectivity index (χ1v) is 6.70. The summed E-state index contributed by atoms with van der Waals surface area (Å²) in [5.74, 6) is 0.826. The molecule has 19 heavy (non-hydrogen) atoms. The van der Waals surface area contributed by atoms with Gasteiger partial charge in [0, 0.05) is 13.6 Å². The number of nitrogens with zero attached hydrogens (tertiary/aromatic N) is 2. The summed E-state index contributed by atoms with van der Waals surface area (Å²) in [4.78, 5) is 5.74. The maximum absolute atomic E-state index is 12.7. The van der Waals surface area contributed by atoms with Crippen molar-refractivity contribution < 1.29 is 13.2 Å². The number of hydrogen-bond acceptors (Lipinski definition) is 2. The molecule has 0 atom stereocenters. The zero-order valence-electron chi connectivity index (χ0n) is 10.7. The van der Waals surface area contributed by atoms with Crippen molar-refractivity contribution in [3.63, 3.8) is 0 Å². The van der Waals surface area contributed by atoms with Gasteiger partial charge in [-0.25, -0.2) is 4.98 Å². The van der Waals surface area contributed by atoms with E-state index in [-0.39, 0.29) is 11.0 Å². The molecule has 1 heterocycles. The van der Waals surface area contributed by atoms with Gasteiger partial charge >= 0.3 is 6.18 Å². The van der Waals surface area contributed by atoms with Gasteiger partial charge in [0.25, 0.3) is 0 Å². The summed E-state index contributed by atoms with van der Waals surface area (Å²) in [5, 5.41) is -0.122. The van der Waals surface area contributed by atoms with Crippen LogP contribution in [0.15, 0.2) is 12.1 Å². The van der Waals surface area contributed by atoms with Crippen LogP contribution >= 0.6 is 11.6 Å². The minimum atomic E-state index is -4.39. The third-order valence-corrected chi connectivity index (χ3v) is 3.70. The predicted molar refractivity (Wildman–Crippen MR) is 69.5 cm³/mol. The van der Waals surface area contributed by atoms with Crippen LogP contribution in [-0.4, -0.2) is 18.6 Å². The Morgan fingerprint density at radius 3 is 2.53 bits per heavy atom. The average molecular weight is 293 g/mol. The molecule has 6 heteroatoms. The van der Waals surface area contributed by atoms with Gasteiger partial charge in [0.1, 0.15) is 11.0 Å². The number of aromatic nitrogens is 1. The molecule has 0 aromatic carbocycles. The summed E-state index contributed by atoms with van der Waals surface area (Å²) >= 11 is 5.68.